The normalized spacial score (nSPS) is 29.4. The van der Waals surface area contributed by atoms with Crippen LogP contribution in [0, 0.1) is 0 Å². The Morgan fingerprint density at radius 3 is 2.40 bits per heavy atom. The third kappa shape index (κ3) is 5.50. The number of hydrogen-bond donors (Lipinski definition) is 2. The molecule has 3 N–H and O–H groups in total. The number of nitrogens with zero attached hydrogens (tertiary/aromatic N) is 1. The zero-order valence-corrected chi connectivity index (χ0v) is 10.5. The molecule has 15 heavy (non-hydrogen) atoms. The molecule has 1 rings (SSSR count). The Balaban J connectivity index is 2.12. The van der Waals surface area contributed by atoms with E-state index in [1.807, 2.05) is 0 Å². The molecular weight excluding hydrogens is 186 g/mol. The van der Waals surface area contributed by atoms with E-state index in [2.05, 4.69) is 31.2 Å². The molecule has 0 aromatic rings. The summed E-state index contributed by atoms with van der Waals surface area (Å²) in [4.78, 5) is 2.25. The van der Waals surface area contributed by atoms with Crippen LogP contribution in [-0.2, 0) is 0 Å². The van der Waals surface area contributed by atoms with E-state index in [4.69, 9.17) is 5.73 Å². The van der Waals surface area contributed by atoms with Crippen molar-refractivity contribution in [3.8, 4) is 0 Å². The highest BCUT2D eigenvalue weighted by Gasteiger charge is 2.19. The summed E-state index contributed by atoms with van der Waals surface area (Å²) >= 11 is 0. The Kier molecular flexibility index (Phi) is 5.58. The van der Waals surface area contributed by atoms with Crippen molar-refractivity contribution in [1.82, 2.24) is 10.2 Å². The Bertz CT molecular complexity index is 162. The van der Waals surface area contributed by atoms with Gasteiger partial charge in [-0.2, -0.15) is 0 Å². The monoisotopic (exact) mass is 213 g/mol. The molecule has 0 aliphatic heterocycles. The third-order valence-electron chi connectivity index (χ3n) is 3.30. The van der Waals surface area contributed by atoms with E-state index in [0.29, 0.717) is 18.1 Å². The lowest BCUT2D eigenvalue weighted by Crippen LogP contribution is -2.42. The molecule has 1 atom stereocenters. The first-order valence-electron chi connectivity index (χ1n) is 6.24. The Morgan fingerprint density at radius 2 is 1.87 bits per heavy atom. The first kappa shape index (κ1) is 12.9. The molecule has 0 bridgehead atoms. The molecule has 0 radical (unpaired) electrons. The van der Waals surface area contributed by atoms with Gasteiger partial charge in [-0.25, -0.2) is 0 Å². The molecule has 1 aliphatic rings. The molecular formula is C12H27N3. The van der Waals surface area contributed by atoms with Crippen molar-refractivity contribution in [3.05, 3.63) is 0 Å². The van der Waals surface area contributed by atoms with Crippen LogP contribution in [0.1, 0.15) is 39.0 Å². The molecule has 1 saturated carbocycles. The summed E-state index contributed by atoms with van der Waals surface area (Å²) in [6.45, 7) is 3.46. The van der Waals surface area contributed by atoms with Crippen LogP contribution in [0.2, 0.25) is 0 Å². The molecule has 0 aromatic heterocycles. The molecule has 3 nitrogen and oxygen atoms in total. The standard InChI is InChI=1S/C12H27N3/c1-10(8-9-15(2)3)14-12-6-4-11(13)5-7-12/h10-12,14H,4-9,13H2,1-3H3. The van der Waals surface area contributed by atoms with Gasteiger partial charge in [0.1, 0.15) is 0 Å². The lowest BCUT2D eigenvalue weighted by atomic mass is 9.91. The highest BCUT2D eigenvalue weighted by Crippen LogP contribution is 2.17. The minimum absolute atomic E-state index is 0.458. The van der Waals surface area contributed by atoms with Gasteiger partial charge in [-0.3, -0.25) is 0 Å². The van der Waals surface area contributed by atoms with Crippen LogP contribution >= 0.6 is 0 Å². The van der Waals surface area contributed by atoms with E-state index in [-0.39, 0.29) is 0 Å². The van der Waals surface area contributed by atoms with Gasteiger partial charge < -0.3 is 16.0 Å². The Labute approximate surface area is 94.4 Å². The second-order valence-corrected chi connectivity index (χ2v) is 5.27. The molecule has 0 spiro atoms. The van der Waals surface area contributed by atoms with Crippen LogP contribution in [0.15, 0.2) is 0 Å². The molecule has 1 aliphatic carbocycles. The minimum atomic E-state index is 0.458. The number of nitrogens with one attached hydrogen (secondary N) is 1. The SMILES string of the molecule is CC(CCN(C)C)NC1CCC(N)CC1. The quantitative estimate of drug-likeness (QED) is 0.721. The van der Waals surface area contributed by atoms with E-state index in [0.717, 1.165) is 0 Å². The fraction of sp³-hybridized carbons (Fsp3) is 1.00. The van der Waals surface area contributed by atoms with Gasteiger partial charge in [0, 0.05) is 18.1 Å². The molecule has 0 heterocycles. The summed E-state index contributed by atoms with van der Waals surface area (Å²) in [5, 5.41) is 3.71. The van der Waals surface area contributed by atoms with Crippen LogP contribution in [0.5, 0.6) is 0 Å². The molecule has 90 valence electrons. The van der Waals surface area contributed by atoms with Crippen LogP contribution in [0.25, 0.3) is 0 Å². The van der Waals surface area contributed by atoms with Crippen molar-refractivity contribution in [3.63, 3.8) is 0 Å². The van der Waals surface area contributed by atoms with Crippen molar-refractivity contribution in [2.45, 2.75) is 57.2 Å². The van der Waals surface area contributed by atoms with E-state index in [9.17, 15) is 0 Å². The Hall–Kier alpha value is -0.120. The lowest BCUT2D eigenvalue weighted by molar-refractivity contribution is 0.297. The Morgan fingerprint density at radius 1 is 1.27 bits per heavy atom. The van der Waals surface area contributed by atoms with Crippen molar-refractivity contribution >= 4 is 0 Å². The zero-order valence-electron chi connectivity index (χ0n) is 10.5. The molecule has 0 amide bonds. The number of hydrogen-bond acceptors (Lipinski definition) is 3. The van der Waals surface area contributed by atoms with Gasteiger partial charge in [0.2, 0.25) is 0 Å². The number of rotatable bonds is 5. The number of nitrogens with two attached hydrogens (primary N) is 1. The first-order chi connectivity index (χ1) is 7.08. The second-order valence-electron chi connectivity index (χ2n) is 5.27. The zero-order chi connectivity index (χ0) is 11.3. The summed E-state index contributed by atoms with van der Waals surface area (Å²) < 4.78 is 0. The van der Waals surface area contributed by atoms with E-state index in [1.54, 1.807) is 0 Å². The van der Waals surface area contributed by atoms with Crippen LogP contribution in [0.3, 0.4) is 0 Å². The van der Waals surface area contributed by atoms with Crippen molar-refractivity contribution < 1.29 is 0 Å². The van der Waals surface area contributed by atoms with Gasteiger partial charge in [-0.05, 0) is 59.7 Å². The van der Waals surface area contributed by atoms with Crippen LogP contribution < -0.4 is 11.1 Å². The fourth-order valence-corrected chi connectivity index (χ4v) is 2.22. The minimum Gasteiger partial charge on any atom is -0.328 e. The maximum Gasteiger partial charge on any atom is 0.00707 e. The topological polar surface area (TPSA) is 41.3 Å². The van der Waals surface area contributed by atoms with Crippen LogP contribution in [0.4, 0.5) is 0 Å². The third-order valence-corrected chi connectivity index (χ3v) is 3.30. The lowest BCUT2D eigenvalue weighted by Gasteiger charge is -2.30. The maximum absolute atomic E-state index is 5.89. The van der Waals surface area contributed by atoms with Gasteiger partial charge in [0.05, 0.1) is 0 Å². The van der Waals surface area contributed by atoms with Crippen molar-refractivity contribution in [1.29, 1.82) is 0 Å². The van der Waals surface area contributed by atoms with E-state index in [1.165, 1.54) is 38.6 Å². The summed E-state index contributed by atoms with van der Waals surface area (Å²) in [7, 11) is 4.26. The van der Waals surface area contributed by atoms with E-state index >= 15 is 0 Å². The predicted octanol–water partition coefficient (Wildman–Crippen LogP) is 1.19. The van der Waals surface area contributed by atoms with Crippen molar-refractivity contribution in [2.24, 2.45) is 5.73 Å². The second kappa shape index (κ2) is 6.46. The summed E-state index contributed by atoms with van der Waals surface area (Å²) in [5.74, 6) is 0. The average Bonchev–Trinajstić information content (AvgIpc) is 2.19. The van der Waals surface area contributed by atoms with Gasteiger partial charge in [0.15, 0.2) is 0 Å². The van der Waals surface area contributed by atoms with Gasteiger partial charge in [-0.15, -0.1) is 0 Å². The summed E-state index contributed by atoms with van der Waals surface area (Å²) in [6, 6.07) is 1.80. The fourth-order valence-electron chi connectivity index (χ4n) is 2.22. The highest BCUT2D eigenvalue weighted by molar-refractivity contribution is 4.80. The van der Waals surface area contributed by atoms with Gasteiger partial charge in [0.25, 0.3) is 0 Å². The predicted molar refractivity (Wildman–Crippen MR) is 66.0 cm³/mol. The molecule has 0 aromatic carbocycles. The molecule has 1 fully saturated rings. The largest absolute Gasteiger partial charge is 0.328 e. The molecule has 3 heteroatoms. The maximum atomic E-state index is 5.89. The smallest absolute Gasteiger partial charge is 0.00707 e. The summed E-state index contributed by atoms with van der Waals surface area (Å²) in [6.07, 6.45) is 6.13. The van der Waals surface area contributed by atoms with Gasteiger partial charge in [-0.1, -0.05) is 0 Å². The molecule has 1 unspecified atom stereocenters. The summed E-state index contributed by atoms with van der Waals surface area (Å²) in [5.41, 5.74) is 5.89. The average molecular weight is 213 g/mol. The van der Waals surface area contributed by atoms with Crippen LogP contribution in [-0.4, -0.2) is 43.7 Å². The van der Waals surface area contributed by atoms with Gasteiger partial charge >= 0.3 is 0 Å². The highest BCUT2D eigenvalue weighted by atomic mass is 15.1. The molecule has 0 saturated heterocycles. The van der Waals surface area contributed by atoms with E-state index < -0.39 is 0 Å². The van der Waals surface area contributed by atoms with Crippen molar-refractivity contribution in [2.75, 3.05) is 20.6 Å². The first-order valence-corrected chi connectivity index (χ1v) is 6.24.